The predicted molar refractivity (Wildman–Crippen MR) is 93.9 cm³/mol. The van der Waals surface area contributed by atoms with Gasteiger partial charge in [0.1, 0.15) is 6.54 Å². The molecule has 1 fully saturated rings. The van der Waals surface area contributed by atoms with Crippen molar-refractivity contribution in [2.24, 2.45) is 0 Å². The second-order valence-electron chi connectivity index (χ2n) is 6.22. The van der Waals surface area contributed by atoms with Gasteiger partial charge in [0.05, 0.1) is 17.6 Å². The highest BCUT2D eigenvalue weighted by Crippen LogP contribution is 2.31. The van der Waals surface area contributed by atoms with Crippen LogP contribution in [0.5, 0.6) is 0 Å². The van der Waals surface area contributed by atoms with Crippen LogP contribution in [0.25, 0.3) is 10.8 Å². The Kier molecular flexibility index (Phi) is 4.01. The number of likely N-dealkylation sites (tertiary alicyclic amines) is 1. The molecular formula is C19H18N4O2. The molecule has 1 amide bonds. The number of pyridine rings is 1. The van der Waals surface area contributed by atoms with Gasteiger partial charge in [-0.05, 0) is 36.6 Å². The van der Waals surface area contributed by atoms with Crippen molar-refractivity contribution in [1.82, 2.24) is 19.7 Å². The zero-order valence-electron chi connectivity index (χ0n) is 13.7. The van der Waals surface area contributed by atoms with Crippen LogP contribution in [-0.4, -0.2) is 32.1 Å². The van der Waals surface area contributed by atoms with Gasteiger partial charge >= 0.3 is 0 Å². The minimum atomic E-state index is -0.230. The van der Waals surface area contributed by atoms with Crippen LogP contribution in [0.1, 0.15) is 24.4 Å². The maximum Gasteiger partial charge on any atom is 0.275 e. The average Bonchev–Trinajstić information content (AvgIpc) is 3.15. The highest BCUT2D eigenvalue weighted by atomic mass is 16.2. The molecule has 0 bridgehead atoms. The zero-order chi connectivity index (χ0) is 17.2. The van der Waals surface area contributed by atoms with Gasteiger partial charge < -0.3 is 4.90 Å². The number of fused-ring (bicyclic) bond motifs is 1. The highest BCUT2D eigenvalue weighted by molar-refractivity contribution is 5.81. The third kappa shape index (κ3) is 2.91. The second kappa shape index (κ2) is 6.47. The van der Waals surface area contributed by atoms with Crippen molar-refractivity contribution in [3.05, 3.63) is 70.9 Å². The molecule has 0 radical (unpaired) electrons. The van der Waals surface area contributed by atoms with E-state index in [1.54, 1.807) is 24.7 Å². The Labute approximate surface area is 144 Å². The number of nitrogens with zero attached hydrogens (tertiary/aromatic N) is 4. The van der Waals surface area contributed by atoms with Crippen molar-refractivity contribution in [2.75, 3.05) is 6.54 Å². The summed E-state index contributed by atoms with van der Waals surface area (Å²) in [5, 5.41) is 5.53. The van der Waals surface area contributed by atoms with Crippen LogP contribution in [0.2, 0.25) is 0 Å². The van der Waals surface area contributed by atoms with Crippen LogP contribution < -0.4 is 5.56 Å². The molecule has 3 heterocycles. The van der Waals surface area contributed by atoms with E-state index in [-0.39, 0.29) is 24.1 Å². The summed E-state index contributed by atoms with van der Waals surface area (Å²) >= 11 is 0. The van der Waals surface area contributed by atoms with Crippen LogP contribution in [0.4, 0.5) is 0 Å². The lowest BCUT2D eigenvalue weighted by molar-refractivity contribution is -0.133. The van der Waals surface area contributed by atoms with E-state index in [2.05, 4.69) is 10.1 Å². The number of aromatic nitrogens is 3. The van der Waals surface area contributed by atoms with E-state index in [4.69, 9.17) is 0 Å². The highest BCUT2D eigenvalue weighted by Gasteiger charge is 2.30. The molecule has 1 atom stereocenters. The van der Waals surface area contributed by atoms with E-state index in [0.29, 0.717) is 11.9 Å². The molecule has 4 rings (SSSR count). The smallest absolute Gasteiger partial charge is 0.275 e. The molecule has 1 aromatic carbocycles. The molecule has 2 aromatic heterocycles. The van der Waals surface area contributed by atoms with E-state index in [0.717, 1.165) is 23.8 Å². The molecule has 6 nitrogen and oxygen atoms in total. The summed E-state index contributed by atoms with van der Waals surface area (Å²) in [6, 6.07) is 11.2. The first kappa shape index (κ1) is 15.5. The second-order valence-corrected chi connectivity index (χ2v) is 6.22. The summed E-state index contributed by atoms with van der Waals surface area (Å²) in [7, 11) is 0. The van der Waals surface area contributed by atoms with Crippen molar-refractivity contribution in [3.8, 4) is 0 Å². The maximum absolute atomic E-state index is 12.8. The minimum Gasteiger partial charge on any atom is -0.334 e. The van der Waals surface area contributed by atoms with Crippen molar-refractivity contribution in [2.45, 2.75) is 25.4 Å². The summed E-state index contributed by atoms with van der Waals surface area (Å²) in [6.07, 6.45) is 7.00. The number of carbonyl (C=O) groups is 1. The van der Waals surface area contributed by atoms with Gasteiger partial charge in [0.15, 0.2) is 0 Å². The van der Waals surface area contributed by atoms with E-state index in [9.17, 15) is 9.59 Å². The Morgan fingerprint density at radius 3 is 2.80 bits per heavy atom. The van der Waals surface area contributed by atoms with E-state index in [1.165, 1.54) is 4.68 Å². The van der Waals surface area contributed by atoms with Gasteiger partial charge in [-0.3, -0.25) is 14.6 Å². The molecule has 0 spiro atoms. The number of carbonyl (C=O) groups excluding carboxylic acids is 1. The molecule has 0 saturated carbocycles. The summed E-state index contributed by atoms with van der Waals surface area (Å²) in [5.74, 6) is -0.0795. The normalized spacial score (nSPS) is 17.1. The lowest BCUT2D eigenvalue weighted by atomic mass is 10.1. The Bertz CT molecular complexity index is 968. The van der Waals surface area contributed by atoms with Crippen molar-refractivity contribution >= 4 is 16.7 Å². The first-order valence-corrected chi connectivity index (χ1v) is 8.38. The molecule has 1 saturated heterocycles. The SMILES string of the molecule is O=C(Cn1ncc2ccccc2c1=O)N1CCCC1c1ccncc1. The maximum atomic E-state index is 12.8. The van der Waals surface area contributed by atoms with Crippen LogP contribution >= 0.6 is 0 Å². The third-order valence-electron chi connectivity index (χ3n) is 4.71. The number of hydrogen-bond donors (Lipinski definition) is 0. The fraction of sp³-hybridized carbons (Fsp3) is 0.263. The number of hydrogen-bond acceptors (Lipinski definition) is 4. The van der Waals surface area contributed by atoms with Crippen LogP contribution in [-0.2, 0) is 11.3 Å². The zero-order valence-corrected chi connectivity index (χ0v) is 13.7. The van der Waals surface area contributed by atoms with E-state index < -0.39 is 0 Å². The molecule has 1 unspecified atom stereocenters. The van der Waals surface area contributed by atoms with Gasteiger partial charge in [-0.25, -0.2) is 4.68 Å². The van der Waals surface area contributed by atoms with Gasteiger partial charge in [0.2, 0.25) is 5.91 Å². The fourth-order valence-electron chi connectivity index (χ4n) is 3.46. The average molecular weight is 334 g/mol. The molecule has 126 valence electrons. The van der Waals surface area contributed by atoms with Gasteiger partial charge in [0, 0.05) is 24.3 Å². The van der Waals surface area contributed by atoms with E-state index in [1.807, 2.05) is 35.2 Å². The summed E-state index contributed by atoms with van der Waals surface area (Å²) < 4.78 is 1.26. The van der Waals surface area contributed by atoms with Gasteiger partial charge in [0.25, 0.3) is 5.56 Å². The molecular weight excluding hydrogens is 316 g/mol. The van der Waals surface area contributed by atoms with Crippen molar-refractivity contribution in [3.63, 3.8) is 0 Å². The van der Waals surface area contributed by atoms with E-state index >= 15 is 0 Å². The van der Waals surface area contributed by atoms with Crippen molar-refractivity contribution < 1.29 is 4.79 Å². The fourth-order valence-corrected chi connectivity index (χ4v) is 3.46. The molecule has 1 aliphatic heterocycles. The van der Waals surface area contributed by atoms with Crippen LogP contribution in [0, 0.1) is 0 Å². The summed E-state index contributed by atoms with van der Waals surface area (Å²) in [5.41, 5.74) is 0.853. The minimum absolute atomic E-state index is 0.0365. The quantitative estimate of drug-likeness (QED) is 0.736. The first-order chi connectivity index (χ1) is 12.2. The molecule has 0 aliphatic carbocycles. The molecule has 1 aliphatic rings. The molecule has 0 N–H and O–H groups in total. The largest absolute Gasteiger partial charge is 0.334 e. The van der Waals surface area contributed by atoms with Crippen LogP contribution in [0.15, 0.2) is 59.8 Å². The topological polar surface area (TPSA) is 68.1 Å². The van der Waals surface area contributed by atoms with Gasteiger partial charge in [-0.1, -0.05) is 18.2 Å². The third-order valence-corrected chi connectivity index (χ3v) is 4.71. The Balaban J connectivity index is 1.60. The standard InChI is InChI=1S/C19H18N4O2/c24-18(22-11-3-6-17(22)14-7-9-20-10-8-14)13-23-19(25)16-5-2-1-4-15(16)12-21-23/h1-2,4-5,7-10,12,17H,3,6,11,13H2. The van der Waals surface area contributed by atoms with Crippen molar-refractivity contribution in [1.29, 1.82) is 0 Å². The Morgan fingerprint density at radius 1 is 1.16 bits per heavy atom. The lowest BCUT2D eigenvalue weighted by Gasteiger charge is -2.25. The molecule has 25 heavy (non-hydrogen) atoms. The summed E-state index contributed by atoms with van der Waals surface area (Å²) in [4.78, 5) is 31.2. The summed E-state index contributed by atoms with van der Waals surface area (Å²) in [6.45, 7) is 0.666. The first-order valence-electron chi connectivity index (χ1n) is 8.38. The lowest BCUT2D eigenvalue weighted by Crippen LogP contribution is -2.37. The molecule has 3 aromatic rings. The number of amides is 1. The van der Waals surface area contributed by atoms with Gasteiger partial charge in [-0.2, -0.15) is 5.10 Å². The van der Waals surface area contributed by atoms with Gasteiger partial charge in [-0.15, -0.1) is 0 Å². The Morgan fingerprint density at radius 2 is 1.96 bits per heavy atom. The monoisotopic (exact) mass is 334 g/mol. The number of rotatable bonds is 3. The predicted octanol–water partition coefficient (Wildman–Crippen LogP) is 2.16. The Hall–Kier alpha value is -3.02. The van der Waals surface area contributed by atoms with Crippen LogP contribution in [0.3, 0.4) is 0 Å². The molecule has 6 heteroatoms. The number of benzene rings is 1.